The number of esters is 1. The molecule has 0 aliphatic heterocycles. The van der Waals surface area contributed by atoms with Crippen molar-refractivity contribution in [3.8, 4) is 40.5 Å². The predicted octanol–water partition coefficient (Wildman–Crippen LogP) is 7.43. The van der Waals surface area contributed by atoms with Crippen LogP contribution in [-0.4, -0.2) is 58.8 Å². The number of hydrogen-bond donors (Lipinski definition) is 3. The van der Waals surface area contributed by atoms with E-state index in [1.54, 1.807) is 76.2 Å². The van der Waals surface area contributed by atoms with E-state index < -0.39 is 35.7 Å². The van der Waals surface area contributed by atoms with E-state index in [9.17, 15) is 24.9 Å². The van der Waals surface area contributed by atoms with E-state index in [4.69, 9.17) is 36.0 Å². The summed E-state index contributed by atoms with van der Waals surface area (Å²) < 4.78 is 22.2. The molecule has 294 valence electrons. The smallest absolute Gasteiger partial charge is 0.408 e. The average molecular weight is 802 g/mol. The second-order valence-electron chi connectivity index (χ2n) is 14.1. The molecule has 2 amide bonds. The third kappa shape index (κ3) is 12.6. The third-order valence-electron chi connectivity index (χ3n) is 7.72. The number of carbonyl (C=O) groups excluding carboxylic acids is 3. The van der Waals surface area contributed by atoms with Gasteiger partial charge in [0.25, 0.3) is 0 Å². The number of pyridine rings is 1. The van der Waals surface area contributed by atoms with Crippen molar-refractivity contribution in [3.63, 3.8) is 0 Å². The van der Waals surface area contributed by atoms with Crippen LogP contribution in [0.1, 0.15) is 71.2 Å². The number of alkyl carbamates (subject to hydrolysis) is 1. The van der Waals surface area contributed by atoms with Gasteiger partial charge in [0.2, 0.25) is 11.8 Å². The van der Waals surface area contributed by atoms with E-state index in [0.29, 0.717) is 50.7 Å². The Kier molecular flexibility index (Phi) is 15.1. The number of ether oxygens (including phenoxy) is 3. The summed E-state index contributed by atoms with van der Waals surface area (Å²) >= 11 is 7.22. The van der Waals surface area contributed by atoms with Gasteiger partial charge in [-0.1, -0.05) is 49.3 Å². The van der Waals surface area contributed by atoms with Crippen molar-refractivity contribution in [2.75, 3.05) is 18.9 Å². The fraction of sp³-hybridized carbons (Fsp3) is 0.375. The zero-order valence-electron chi connectivity index (χ0n) is 32.0. The van der Waals surface area contributed by atoms with Crippen molar-refractivity contribution in [2.45, 2.75) is 82.9 Å². The highest BCUT2D eigenvalue weighted by molar-refractivity contribution is 7.98. The van der Waals surface area contributed by atoms with Gasteiger partial charge in [-0.3, -0.25) is 9.59 Å². The lowest BCUT2D eigenvalue weighted by atomic mass is 9.97. The summed E-state index contributed by atoms with van der Waals surface area (Å²) in [6.07, 6.45) is 0.592. The highest BCUT2D eigenvalue weighted by Gasteiger charge is 2.26. The van der Waals surface area contributed by atoms with Gasteiger partial charge in [0, 0.05) is 28.4 Å². The Hall–Kier alpha value is -5.77. The molecule has 0 bridgehead atoms. The van der Waals surface area contributed by atoms with Gasteiger partial charge in [0.15, 0.2) is 0 Å². The second kappa shape index (κ2) is 19.7. The van der Waals surface area contributed by atoms with Gasteiger partial charge < -0.3 is 35.0 Å². The van der Waals surface area contributed by atoms with E-state index in [1.807, 2.05) is 13.8 Å². The predicted molar refractivity (Wildman–Crippen MR) is 211 cm³/mol. The number of benzene rings is 2. The number of aromatic nitrogens is 2. The first kappa shape index (κ1) is 43.0. The van der Waals surface area contributed by atoms with Crippen LogP contribution in [-0.2, 0) is 24.8 Å². The fourth-order valence-corrected chi connectivity index (χ4v) is 6.24. The molecule has 2 aromatic carbocycles. The molecule has 2 heterocycles. The third-order valence-corrected chi connectivity index (χ3v) is 8.98. The molecule has 0 saturated heterocycles. The van der Waals surface area contributed by atoms with E-state index in [2.05, 4.69) is 32.7 Å². The lowest BCUT2D eigenvalue weighted by Crippen LogP contribution is -2.49. The molecule has 1 unspecified atom stereocenters. The minimum absolute atomic E-state index is 0.0134. The SMILES string of the molecule is CC(C)C[C@H](NC(=O)OC(C)(C)C)C(=O)NCCC(=O)OCC(C)Oc1ccc(-c2c(C#N)c(N)nc(SCc3coc(-c4ccc(Cl)cc4)n3)c2C#N)cc1. The van der Waals surface area contributed by atoms with Gasteiger partial charge in [0.1, 0.15) is 64.9 Å². The van der Waals surface area contributed by atoms with Crippen LogP contribution in [0.15, 0.2) is 64.2 Å². The summed E-state index contributed by atoms with van der Waals surface area (Å²) in [6, 6.07) is 17.2. The first-order chi connectivity index (χ1) is 26.6. The van der Waals surface area contributed by atoms with Crippen LogP contribution in [0.3, 0.4) is 0 Å². The molecule has 2 atom stereocenters. The Bertz CT molecular complexity index is 2090. The van der Waals surface area contributed by atoms with Crippen LogP contribution >= 0.6 is 23.4 Å². The summed E-state index contributed by atoms with van der Waals surface area (Å²) in [5.74, 6) is 0.320. The number of nitrogens with two attached hydrogens (primary N) is 1. The maximum Gasteiger partial charge on any atom is 0.408 e. The molecule has 56 heavy (non-hydrogen) atoms. The van der Waals surface area contributed by atoms with Gasteiger partial charge in [-0.25, -0.2) is 14.8 Å². The Morgan fingerprint density at radius 1 is 0.982 bits per heavy atom. The molecule has 0 saturated carbocycles. The largest absolute Gasteiger partial charge is 0.487 e. The normalized spacial score (nSPS) is 12.2. The Balaban J connectivity index is 1.32. The van der Waals surface area contributed by atoms with Gasteiger partial charge in [-0.05, 0) is 82.0 Å². The standard InChI is InChI=1S/C40H44ClN7O7S/c1-23(2)17-32(47-39(51)55-40(4,5)6)36(50)45-16-15-33(49)52-20-24(3)54-29-13-9-25(10-14-29)34-30(18-42)35(44)48-38(31(34)19-43)56-22-28-21-53-37(46-28)26-7-11-27(41)12-8-26/h7-14,21,23-24,32H,15-17,20,22H2,1-6H3,(H2,44,48)(H,45,50)(H,47,51)/t24?,32-/m0/s1. The maximum absolute atomic E-state index is 12.8. The topological polar surface area (TPSA) is 215 Å². The highest BCUT2D eigenvalue weighted by atomic mass is 35.5. The summed E-state index contributed by atoms with van der Waals surface area (Å²) in [6.45, 7) is 10.7. The summed E-state index contributed by atoms with van der Waals surface area (Å²) in [7, 11) is 0. The number of nitrogen functional groups attached to an aromatic ring is 1. The van der Waals surface area contributed by atoms with E-state index >= 15 is 0 Å². The zero-order valence-corrected chi connectivity index (χ0v) is 33.5. The molecular weight excluding hydrogens is 758 g/mol. The molecule has 4 aromatic rings. The Morgan fingerprint density at radius 3 is 2.27 bits per heavy atom. The van der Waals surface area contributed by atoms with Crippen molar-refractivity contribution in [3.05, 3.63) is 76.6 Å². The van der Waals surface area contributed by atoms with Gasteiger partial charge >= 0.3 is 12.1 Å². The van der Waals surface area contributed by atoms with E-state index in [0.717, 1.165) is 5.56 Å². The number of halogens is 1. The van der Waals surface area contributed by atoms with Crippen molar-refractivity contribution in [1.82, 2.24) is 20.6 Å². The molecule has 0 aliphatic carbocycles. The number of oxazole rings is 1. The van der Waals surface area contributed by atoms with E-state index in [-0.39, 0.29) is 42.4 Å². The Labute approximate surface area is 335 Å². The molecule has 0 spiro atoms. The van der Waals surface area contributed by atoms with Crippen molar-refractivity contribution >= 4 is 47.2 Å². The van der Waals surface area contributed by atoms with Crippen LogP contribution < -0.4 is 21.1 Å². The number of thioether (sulfide) groups is 1. The van der Waals surface area contributed by atoms with Crippen LogP contribution in [0.2, 0.25) is 5.02 Å². The van der Waals surface area contributed by atoms with Gasteiger partial charge in [-0.2, -0.15) is 10.5 Å². The number of nitrogens with one attached hydrogen (secondary N) is 2. The number of rotatable bonds is 16. The minimum Gasteiger partial charge on any atom is -0.487 e. The van der Waals surface area contributed by atoms with Crippen molar-refractivity contribution in [1.29, 1.82) is 10.5 Å². The van der Waals surface area contributed by atoms with Crippen molar-refractivity contribution < 1.29 is 33.0 Å². The molecule has 2 aromatic heterocycles. The highest BCUT2D eigenvalue weighted by Crippen LogP contribution is 2.37. The number of nitrogens with zero attached hydrogens (tertiary/aromatic N) is 4. The first-order valence-electron chi connectivity index (χ1n) is 17.7. The maximum atomic E-state index is 12.8. The first-order valence-corrected chi connectivity index (χ1v) is 19.1. The lowest BCUT2D eigenvalue weighted by molar-refractivity contribution is -0.145. The zero-order chi connectivity index (χ0) is 41.0. The van der Waals surface area contributed by atoms with Crippen LogP contribution in [0, 0.1) is 28.6 Å². The molecule has 0 aliphatic rings. The van der Waals surface area contributed by atoms with Crippen LogP contribution in [0.4, 0.5) is 10.6 Å². The molecule has 14 nitrogen and oxygen atoms in total. The quantitative estimate of drug-likeness (QED) is 0.0743. The minimum atomic E-state index is -0.823. The molecule has 0 radical (unpaired) electrons. The molecular formula is C40H44ClN7O7S. The summed E-state index contributed by atoms with van der Waals surface area (Å²) in [5.41, 5.74) is 8.00. The lowest BCUT2D eigenvalue weighted by Gasteiger charge is -2.24. The monoisotopic (exact) mass is 801 g/mol. The summed E-state index contributed by atoms with van der Waals surface area (Å²) in [4.78, 5) is 46.3. The number of amides is 2. The van der Waals surface area contributed by atoms with E-state index in [1.165, 1.54) is 18.0 Å². The molecule has 4 rings (SSSR count). The number of hydrogen-bond acceptors (Lipinski definition) is 13. The molecule has 0 fully saturated rings. The van der Waals surface area contributed by atoms with Gasteiger partial charge in [0.05, 0.1) is 17.7 Å². The number of anilines is 1. The van der Waals surface area contributed by atoms with Crippen molar-refractivity contribution in [2.24, 2.45) is 5.92 Å². The number of nitriles is 2. The average Bonchev–Trinajstić information content (AvgIpc) is 3.61. The fourth-order valence-electron chi connectivity index (χ4n) is 5.24. The molecule has 16 heteroatoms. The summed E-state index contributed by atoms with van der Waals surface area (Å²) in [5, 5.41) is 26.4. The van der Waals surface area contributed by atoms with Crippen LogP contribution in [0.5, 0.6) is 5.75 Å². The molecule has 4 N–H and O–H groups in total. The number of carbonyl (C=O) groups is 3. The van der Waals surface area contributed by atoms with Gasteiger partial charge in [-0.15, -0.1) is 0 Å². The Morgan fingerprint density at radius 2 is 1.64 bits per heavy atom. The second-order valence-corrected chi connectivity index (χ2v) is 15.5. The van der Waals surface area contributed by atoms with Crippen LogP contribution in [0.25, 0.3) is 22.6 Å².